The van der Waals surface area contributed by atoms with Crippen molar-refractivity contribution in [1.82, 2.24) is 4.90 Å². The predicted molar refractivity (Wildman–Crippen MR) is 74.7 cm³/mol. The maximum Gasteiger partial charge on any atom is 0.235 e. The van der Waals surface area contributed by atoms with Gasteiger partial charge in [0.25, 0.3) is 0 Å². The molecule has 1 fully saturated rings. The maximum absolute atomic E-state index is 12.5. The van der Waals surface area contributed by atoms with Crippen molar-refractivity contribution >= 4 is 23.1 Å². The molecule has 0 unspecified atom stereocenters. The summed E-state index contributed by atoms with van der Waals surface area (Å²) in [6, 6.07) is 0. The van der Waals surface area contributed by atoms with Crippen molar-refractivity contribution in [2.75, 3.05) is 13.6 Å². The third-order valence-corrected chi connectivity index (χ3v) is 3.72. The van der Waals surface area contributed by atoms with Crippen LogP contribution >= 0.6 is 12.2 Å². The third-order valence-electron chi connectivity index (χ3n) is 3.33. The van der Waals surface area contributed by atoms with Crippen LogP contribution in [0.1, 0.15) is 40.5 Å². The zero-order valence-corrected chi connectivity index (χ0v) is 12.4. The lowest BCUT2D eigenvalue weighted by atomic mass is 9.61. The molecular weight excluding hydrogens is 232 g/mol. The van der Waals surface area contributed by atoms with Crippen LogP contribution in [0, 0.1) is 16.7 Å². The van der Waals surface area contributed by atoms with Crippen molar-refractivity contribution in [2.24, 2.45) is 22.5 Å². The second-order valence-electron chi connectivity index (χ2n) is 6.68. The zero-order valence-electron chi connectivity index (χ0n) is 11.5. The SMILES string of the molecule is CC1CC(C(=O)N(C)CC(C)(C)C)(C(N)=S)C1. The molecule has 0 aromatic heterocycles. The molecule has 0 aromatic carbocycles. The van der Waals surface area contributed by atoms with E-state index in [2.05, 4.69) is 27.7 Å². The molecule has 0 heterocycles. The van der Waals surface area contributed by atoms with E-state index in [1.807, 2.05) is 7.05 Å². The molecule has 0 aromatic rings. The van der Waals surface area contributed by atoms with Gasteiger partial charge >= 0.3 is 0 Å². The van der Waals surface area contributed by atoms with E-state index in [0.29, 0.717) is 10.9 Å². The highest BCUT2D eigenvalue weighted by Crippen LogP contribution is 2.47. The summed E-state index contributed by atoms with van der Waals surface area (Å²) in [5, 5.41) is 0. The lowest BCUT2D eigenvalue weighted by molar-refractivity contribution is -0.143. The summed E-state index contributed by atoms with van der Waals surface area (Å²) >= 11 is 5.10. The Balaban J connectivity index is 2.77. The number of carbonyl (C=O) groups is 1. The Morgan fingerprint density at radius 1 is 1.47 bits per heavy atom. The monoisotopic (exact) mass is 256 g/mol. The van der Waals surface area contributed by atoms with E-state index in [0.717, 1.165) is 19.4 Å². The first kappa shape index (κ1) is 14.4. The van der Waals surface area contributed by atoms with Crippen molar-refractivity contribution in [3.63, 3.8) is 0 Å². The Labute approximate surface area is 110 Å². The largest absolute Gasteiger partial charge is 0.392 e. The second-order valence-corrected chi connectivity index (χ2v) is 7.12. The second kappa shape index (κ2) is 4.56. The number of nitrogens with two attached hydrogens (primary N) is 1. The van der Waals surface area contributed by atoms with E-state index in [-0.39, 0.29) is 11.3 Å². The molecule has 0 saturated heterocycles. The summed E-state index contributed by atoms with van der Waals surface area (Å²) in [6.07, 6.45) is 1.60. The molecule has 1 rings (SSSR count). The highest BCUT2D eigenvalue weighted by molar-refractivity contribution is 7.80. The molecule has 1 aliphatic carbocycles. The molecule has 17 heavy (non-hydrogen) atoms. The molecule has 98 valence electrons. The molecule has 0 atom stereocenters. The summed E-state index contributed by atoms with van der Waals surface area (Å²) in [7, 11) is 1.84. The van der Waals surface area contributed by atoms with Gasteiger partial charge in [0, 0.05) is 13.6 Å². The minimum Gasteiger partial charge on any atom is -0.392 e. The normalized spacial score (nSPS) is 28.4. The average molecular weight is 256 g/mol. The minimum atomic E-state index is -0.561. The van der Waals surface area contributed by atoms with Gasteiger partial charge < -0.3 is 10.6 Å². The van der Waals surface area contributed by atoms with Crippen LogP contribution in [0.3, 0.4) is 0 Å². The van der Waals surface area contributed by atoms with E-state index < -0.39 is 5.41 Å². The Bertz CT molecular complexity index is 327. The summed E-state index contributed by atoms with van der Waals surface area (Å²) < 4.78 is 0. The van der Waals surface area contributed by atoms with Gasteiger partial charge in [0.05, 0.1) is 10.4 Å². The molecule has 4 heteroatoms. The van der Waals surface area contributed by atoms with Crippen LogP contribution in [0.4, 0.5) is 0 Å². The Hall–Kier alpha value is -0.640. The van der Waals surface area contributed by atoms with Gasteiger partial charge in [0.15, 0.2) is 0 Å². The number of nitrogens with zero attached hydrogens (tertiary/aromatic N) is 1. The maximum atomic E-state index is 12.5. The molecule has 0 spiro atoms. The summed E-state index contributed by atoms with van der Waals surface area (Å²) in [4.78, 5) is 14.6. The standard InChI is InChI=1S/C13H24N2OS/c1-9-6-13(7-9,10(14)17)11(16)15(5)8-12(2,3)4/h9H,6-8H2,1-5H3,(H2,14,17). The highest BCUT2D eigenvalue weighted by atomic mass is 32.1. The van der Waals surface area contributed by atoms with E-state index >= 15 is 0 Å². The number of rotatable bonds is 3. The molecular formula is C13H24N2OS. The van der Waals surface area contributed by atoms with Gasteiger partial charge in [-0.1, -0.05) is 39.9 Å². The first-order chi connectivity index (χ1) is 7.58. The molecule has 1 amide bonds. The van der Waals surface area contributed by atoms with Crippen molar-refractivity contribution in [2.45, 2.75) is 40.5 Å². The van der Waals surface area contributed by atoms with Crippen LogP contribution in [-0.4, -0.2) is 29.4 Å². The van der Waals surface area contributed by atoms with Crippen LogP contribution in [-0.2, 0) is 4.79 Å². The van der Waals surface area contributed by atoms with Crippen LogP contribution in [0.2, 0.25) is 0 Å². The fourth-order valence-corrected chi connectivity index (χ4v) is 3.01. The highest BCUT2D eigenvalue weighted by Gasteiger charge is 2.52. The Morgan fingerprint density at radius 3 is 2.24 bits per heavy atom. The quantitative estimate of drug-likeness (QED) is 0.787. The first-order valence-electron chi connectivity index (χ1n) is 6.14. The minimum absolute atomic E-state index is 0.0944. The third kappa shape index (κ3) is 2.97. The fraction of sp³-hybridized carbons (Fsp3) is 0.846. The molecule has 1 saturated carbocycles. The number of hydrogen-bond donors (Lipinski definition) is 1. The van der Waals surface area contributed by atoms with Crippen LogP contribution in [0.15, 0.2) is 0 Å². The Morgan fingerprint density at radius 2 is 1.94 bits per heavy atom. The van der Waals surface area contributed by atoms with Crippen molar-refractivity contribution in [3.8, 4) is 0 Å². The molecule has 0 radical (unpaired) electrons. The van der Waals surface area contributed by atoms with Gasteiger partial charge in [0.1, 0.15) is 0 Å². The predicted octanol–water partition coefficient (Wildman–Crippen LogP) is 2.19. The van der Waals surface area contributed by atoms with E-state index in [9.17, 15) is 4.79 Å². The van der Waals surface area contributed by atoms with Crippen molar-refractivity contribution < 1.29 is 4.79 Å². The van der Waals surface area contributed by atoms with Crippen LogP contribution < -0.4 is 5.73 Å². The summed E-state index contributed by atoms with van der Waals surface area (Å²) in [5.41, 5.74) is 5.32. The summed E-state index contributed by atoms with van der Waals surface area (Å²) in [5.74, 6) is 0.640. The van der Waals surface area contributed by atoms with Gasteiger partial charge in [-0.25, -0.2) is 0 Å². The molecule has 1 aliphatic rings. The lowest BCUT2D eigenvalue weighted by Gasteiger charge is -2.46. The summed E-state index contributed by atoms with van der Waals surface area (Å²) in [6.45, 7) is 9.22. The van der Waals surface area contributed by atoms with Crippen molar-refractivity contribution in [3.05, 3.63) is 0 Å². The average Bonchev–Trinajstić information content (AvgIpc) is 2.07. The van der Waals surface area contributed by atoms with Crippen LogP contribution in [0.5, 0.6) is 0 Å². The van der Waals surface area contributed by atoms with Gasteiger partial charge in [-0.15, -0.1) is 0 Å². The van der Waals surface area contributed by atoms with Gasteiger partial charge in [-0.2, -0.15) is 0 Å². The molecule has 0 aliphatic heterocycles. The smallest absolute Gasteiger partial charge is 0.235 e. The van der Waals surface area contributed by atoms with E-state index in [1.54, 1.807) is 4.90 Å². The topological polar surface area (TPSA) is 46.3 Å². The van der Waals surface area contributed by atoms with Gasteiger partial charge in [0.2, 0.25) is 5.91 Å². The molecule has 0 bridgehead atoms. The van der Waals surface area contributed by atoms with E-state index in [1.165, 1.54) is 0 Å². The number of thiocarbonyl (C=S) groups is 1. The number of amides is 1. The molecule has 2 N–H and O–H groups in total. The first-order valence-corrected chi connectivity index (χ1v) is 6.55. The number of carbonyl (C=O) groups excluding carboxylic acids is 1. The van der Waals surface area contributed by atoms with E-state index in [4.69, 9.17) is 18.0 Å². The lowest BCUT2D eigenvalue weighted by Crippen LogP contribution is -2.57. The Kier molecular flexibility index (Phi) is 3.87. The fourth-order valence-electron chi connectivity index (χ4n) is 2.76. The van der Waals surface area contributed by atoms with Gasteiger partial charge in [-0.05, 0) is 24.2 Å². The van der Waals surface area contributed by atoms with Crippen LogP contribution in [0.25, 0.3) is 0 Å². The zero-order chi connectivity index (χ0) is 13.4. The molecule has 3 nitrogen and oxygen atoms in total. The van der Waals surface area contributed by atoms with Crippen molar-refractivity contribution in [1.29, 1.82) is 0 Å². The van der Waals surface area contributed by atoms with Gasteiger partial charge in [-0.3, -0.25) is 4.79 Å². The number of hydrogen-bond acceptors (Lipinski definition) is 2.